The van der Waals surface area contributed by atoms with Gasteiger partial charge in [-0.2, -0.15) is 61.5 Å². The van der Waals surface area contributed by atoms with Gasteiger partial charge in [0.1, 0.15) is 0 Å². The molecule has 0 aliphatic heterocycles. The van der Waals surface area contributed by atoms with Gasteiger partial charge in [0.25, 0.3) is 5.91 Å². The standard InChI is InChI=1S/C19H23F16NO/c1-2-3-4-5-6-7-8-9-10-36-12(37)14(24,25)16(28,29)18(32,33)19(34,35)17(30,31)15(26,27)13(22,23)11(20)21/h11H,2-10H2,1H3,(H,36,37). The number of amides is 1. The molecule has 0 heterocycles. The topological polar surface area (TPSA) is 29.1 Å². The second-order valence-electron chi connectivity index (χ2n) is 8.10. The van der Waals surface area contributed by atoms with Crippen LogP contribution in [0.3, 0.4) is 0 Å². The number of carbonyl (C=O) groups is 1. The van der Waals surface area contributed by atoms with Gasteiger partial charge in [-0.3, -0.25) is 4.79 Å². The van der Waals surface area contributed by atoms with Crippen LogP contribution in [0.2, 0.25) is 0 Å². The number of nitrogens with one attached hydrogen (secondary N) is 1. The van der Waals surface area contributed by atoms with E-state index in [-0.39, 0.29) is 12.8 Å². The highest BCUT2D eigenvalue weighted by molar-refractivity contribution is 5.84. The van der Waals surface area contributed by atoms with Crippen LogP contribution in [-0.2, 0) is 4.79 Å². The number of rotatable bonds is 17. The lowest BCUT2D eigenvalue weighted by molar-refractivity contribution is -0.443. The molecule has 222 valence electrons. The van der Waals surface area contributed by atoms with E-state index in [0.717, 1.165) is 31.0 Å². The van der Waals surface area contributed by atoms with Crippen LogP contribution in [0, 0.1) is 0 Å². The second-order valence-corrected chi connectivity index (χ2v) is 8.10. The highest BCUT2D eigenvalue weighted by atomic mass is 19.4. The van der Waals surface area contributed by atoms with E-state index in [1.807, 2.05) is 6.92 Å². The first-order valence-corrected chi connectivity index (χ1v) is 10.6. The Labute approximate surface area is 200 Å². The van der Waals surface area contributed by atoms with Crippen molar-refractivity contribution in [2.45, 2.75) is 106 Å². The maximum Gasteiger partial charge on any atom is 0.392 e. The molecule has 0 fully saturated rings. The quantitative estimate of drug-likeness (QED) is 0.136. The summed E-state index contributed by atoms with van der Waals surface area (Å²) in [6.45, 7) is 1.03. The molecule has 0 unspecified atom stereocenters. The summed E-state index contributed by atoms with van der Waals surface area (Å²) in [5.74, 6) is -59.2. The number of alkyl halides is 16. The minimum Gasteiger partial charge on any atom is -0.351 e. The first-order valence-electron chi connectivity index (χ1n) is 10.6. The van der Waals surface area contributed by atoms with E-state index in [9.17, 15) is 75.0 Å². The molecule has 1 N–H and O–H groups in total. The van der Waals surface area contributed by atoms with Crippen molar-refractivity contribution in [1.82, 2.24) is 5.32 Å². The van der Waals surface area contributed by atoms with Gasteiger partial charge < -0.3 is 5.32 Å². The Hall–Kier alpha value is -1.65. The lowest BCUT2D eigenvalue weighted by Crippen LogP contribution is -2.74. The van der Waals surface area contributed by atoms with E-state index < -0.39 is 60.3 Å². The molecule has 0 aromatic heterocycles. The number of hydrogen-bond acceptors (Lipinski definition) is 1. The molecule has 0 rings (SSSR count). The minimum absolute atomic E-state index is 0.197. The zero-order valence-corrected chi connectivity index (χ0v) is 18.9. The van der Waals surface area contributed by atoms with Gasteiger partial charge in [-0.05, 0) is 6.42 Å². The maximum atomic E-state index is 13.7. The van der Waals surface area contributed by atoms with Crippen LogP contribution < -0.4 is 5.32 Å². The normalized spacial score (nSPS) is 14.9. The zero-order chi connectivity index (χ0) is 29.7. The Bertz CT molecular complexity index is 738. The van der Waals surface area contributed by atoms with Crippen LogP contribution in [0.25, 0.3) is 0 Å². The summed E-state index contributed by atoms with van der Waals surface area (Å²) in [6, 6.07) is 0. The summed E-state index contributed by atoms with van der Waals surface area (Å²) >= 11 is 0. The summed E-state index contributed by atoms with van der Waals surface area (Å²) < 4.78 is 212. The number of carbonyl (C=O) groups excluding carboxylic acids is 1. The van der Waals surface area contributed by atoms with Crippen molar-refractivity contribution in [1.29, 1.82) is 0 Å². The van der Waals surface area contributed by atoms with Crippen LogP contribution in [0.4, 0.5) is 70.2 Å². The fourth-order valence-electron chi connectivity index (χ4n) is 2.85. The van der Waals surface area contributed by atoms with E-state index in [2.05, 4.69) is 0 Å². The number of unbranched alkanes of at least 4 members (excludes halogenated alkanes) is 7. The average Bonchev–Trinajstić information content (AvgIpc) is 2.76. The fraction of sp³-hybridized carbons (Fsp3) is 0.947. The van der Waals surface area contributed by atoms with E-state index in [0.29, 0.717) is 12.8 Å². The van der Waals surface area contributed by atoms with Crippen molar-refractivity contribution in [2.24, 2.45) is 0 Å². The number of hydrogen-bond donors (Lipinski definition) is 1. The van der Waals surface area contributed by atoms with E-state index >= 15 is 0 Å². The number of halogens is 16. The molecular formula is C19H23F16NO. The van der Waals surface area contributed by atoms with Gasteiger partial charge in [0.05, 0.1) is 0 Å². The largest absolute Gasteiger partial charge is 0.392 e. The summed E-state index contributed by atoms with van der Waals surface area (Å²) in [6.07, 6.45) is -1.29. The fourth-order valence-corrected chi connectivity index (χ4v) is 2.85. The molecule has 0 aliphatic carbocycles. The van der Waals surface area contributed by atoms with Crippen molar-refractivity contribution in [3.05, 3.63) is 0 Å². The summed E-state index contributed by atoms with van der Waals surface area (Å²) in [7, 11) is 0. The van der Waals surface area contributed by atoms with Crippen LogP contribution in [0.15, 0.2) is 0 Å². The van der Waals surface area contributed by atoms with E-state index in [1.165, 1.54) is 0 Å². The molecule has 0 aromatic rings. The summed E-state index contributed by atoms with van der Waals surface area (Å²) in [4.78, 5) is 11.3. The lowest BCUT2D eigenvalue weighted by atomic mass is 9.89. The maximum absolute atomic E-state index is 13.7. The highest BCUT2D eigenvalue weighted by Gasteiger charge is 2.94. The molecule has 0 aliphatic rings. The average molecular weight is 585 g/mol. The van der Waals surface area contributed by atoms with Crippen LogP contribution >= 0.6 is 0 Å². The van der Waals surface area contributed by atoms with Gasteiger partial charge in [-0.1, -0.05) is 51.9 Å². The van der Waals surface area contributed by atoms with Crippen molar-refractivity contribution < 1.29 is 75.0 Å². The lowest BCUT2D eigenvalue weighted by Gasteiger charge is -2.42. The monoisotopic (exact) mass is 585 g/mol. The summed E-state index contributed by atoms with van der Waals surface area (Å²) in [5, 5.41) is 0.970. The Kier molecular flexibility index (Phi) is 11.5. The first-order chi connectivity index (χ1) is 16.4. The van der Waals surface area contributed by atoms with Gasteiger partial charge >= 0.3 is 47.9 Å². The van der Waals surface area contributed by atoms with Crippen LogP contribution in [0.1, 0.15) is 58.3 Å². The van der Waals surface area contributed by atoms with Gasteiger partial charge in [0.15, 0.2) is 0 Å². The molecule has 0 aromatic carbocycles. The Morgan fingerprint density at radius 2 is 0.919 bits per heavy atom. The van der Waals surface area contributed by atoms with Gasteiger partial charge in [0.2, 0.25) is 0 Å². The molecule has 0 bridgehead atoms. The molecule has 1 amide bonds. The Morgan fingerprint density at radius 1 is 0.568 bits per heavy atom. The first kappa shape index (κ1) is 35.4. The van der Waals surface area contributed by atoms with Crippen LogP contribution in [-0.4, -0.2) is 60.3 Å². The second kappa shape index (κ2) is 12.0. The zero-order valence-electron chi connectivity index (χ0n) is 18.9. The predicted molar refractivity (Wildman–Crippen MR) is 96.3 cm³/mol. The van der Waals surface area contributed by atoms with Crippen molar-refractivity contribution in [2.75, 3.05) is 6.54 Å². The van der Waals surface area contributed by atoms with Gasteiger partial charge in [0, 0.05) is 6.54 Å². The molecule has 0 radical (unpaired) electrons. The van der Waals surface area contributed by atoms with Crippen LogP contribution in [0.5, 0.6) is 0 Å². The molecule has 0 atom stereocenters. The molecular weight excluding hydrogens is 562 g/mol. The third-order valence-electron chi connectivity index (χ3n) is 5.27. The predicted octanol–water partition coefficient (Wildman–Crippen LogP) is 7.96. The third-order valence-corrected chi connectivity index (χ3v) is 5.27. The molecule has 37 heavy (non-hydrogen) atoms. The third kappa shape index (κ3) is 6.33. The van der Waals surface area contributed by atoms with E-state index in [4.69, 9.17) is 0 Å². The van der Waals surface area contributed by atoms with Gasteiger partial charge in [-0.15, -0.1) is 0 Å². The summed E-state index contributed by atoms with van der Waals surface area (Å²) in [5.41, 5.74) is 0. The molecule has 2 nitrogen and oxygen atoms in total. The SMILES string of the molecule is CCCCCCCCCCNC(=O)C(F)(F)C(F)(F)C(F)(F)C(F)(F)C(F)(F)C(F)(F)C(F)(F)C(F)F. The Balaban J connectivity index is 5.69. The van der Waals surface area contributed by atoms with Crippen molar-refractivity contribution in [3.8, 4) is 0 Å². The smallest absolute Gasteiger partial charge is 0.351 e. The minimum atomic E-state index is -8.51. The molecule has 0 saturated carbocycles. The highest BCUT2D eigenvalue weighted by Crippen LogP contribution is 2.62. The van der Waals surface area contributed by atoms with Crippen molar-refractivity contribution in [3.63, 3.8) is 0 Å². The molecule has 0 spiro atoms. The van der Waals surface area contributed by atoms with Gasteiger partial charge in [-0.25, -0.2) is 8.78 Å². The van der Waals surface area contributed by atoms with E-state index in [1.54, 1.807) is 0 Å². The van der Waals surface area contributed by atoms with Crippen molar-refractivity contribution >= 4 is 5.91 Å². The Morgan fingerprint density at radius 3 is 1.32 bits per heavy atom. The molecule has 18 heteroatoms. The molecule has 0 saturated heterocycles.